The molecule has 0 atom stereocenters. The molecular weight excluding hydrogens is 207 g/mol. The minimum Gasteiger partial charge on any atom is -0.207 e. The van der Waals surface area contributed by atoms with Crippen LogP contribution < -0.4 is 0 Å². The fourth-order valence-corrected chi connectivity index (χ4v) is 3.39. The van der Waals surface area contributed by atoms with Crippen LogP contribution in [0.2, 0.25) is 0 Å². The van der Waals surface area contributed by atoms with Crippen molar-refractivity contribution >= 4 is 11.8 Å². The highest BCUT2D eigenvalue weighted by atomic mass is 32.2. The molecule has 0 nitrogen and oxygen atoms in total. The average molecular weight is 224 g/mol. The molecule has 0 fully saturated rings. The molecule has 0 spiro atoms. The van der Waals surface area contributed by atoms with Gasteiger partial charge in [-0.25, -0.2) is 4.39 Å². The molecule has 1 aliphatic carbocycles. The SMILES string of the molecule is CSc1c(C(C)C)cc(F)c2c1CCC2. The van der Waals surface area contributed by atoms with Gasteiger partial charge in [0.25, 0.3) is 0 Å². The molecule has 0 N–H and O–H groups in total. The third-order valence-electron chi connectivity index (χ3n) is 3.15. The van der Waals surface area contributed by atoms with E-state index in [9.17, 15) is 4.39 Å². The monoisotopic (exact) mass is 224 g/mol. The van der Waals surface area contributed by atoms with E-state index in [1.165, 1.54) is 16.0 Å². The fraction of sp³-hybridized carbons (Fsp3) is 0.538. The van der Waals surface area contributed by atoms with Gasteiger partial charge in [0, 0.05) is 4.90 Å². The van der Waals surface area contributed by atoms with Crippen molar-refractivity contribution in [1.82, 2.24) is 0 Å². The Morgan fingerprint density at radius 2 is 1.93 bits per heavy atom. The van der Waals surface area contributed by atoms with E-state index in [1.807, 2.05) is 0 Å². The summed E-state index contributed by atoms with van der Waals surface area (Å²) in [6.45, 7) is 4.27. The highest BCUT2D eigenvalue weighted by Crippen LogP contribution is 2.38. The Morgan fingerprint density at radius 1 is 1.27 bits per heavy atom. The Balaban J connectivity index is 2.63. The zero-order valence-electron chi connectivity index (χ0n) is 9.56. The molecule has 1 aromatic rings. The number of benzene rings is 1. The van der Waals surface area contributed by atoms with Gasteiger partial charge in [-0.15, -0.1) is 11.8 Å². The molecule has 0 saturated carbocycles. The summed E-state index contributed by atoms with van der Waals surface area (Å²) in [5.41, 5.74) is 3.44. The molecule has 2 rings (SSSR count). The summed E-state index contributed by atoms with van der Waals surface area (Å²) in [6.07, 6.45) is 5.19. The van der Waals surface area contributed by atoms with Gasteiger partial charge in [0.05, 0.1) is 0 Å². The molecule has 2 heteroatoms. The quantitative estimate of drug-likeness (QED) is 0.680. The Labute approximate surface area is 95.3 Å². The third kappa shape index (κ3) is 1.80. The summed E-state index contributed by atoms with van der Waals surface area (Å²) in [7, 11) is 0. The van der Waals surface area contributed by atoms with E-state index >= 15 is 0 Å². The van der Waals surface area contributed by atoms with Crippen LogP contribution in [0.25, 0.3) is 0 Å². The van der Waals surface area contributed by atoms with Gasteiger partial charge >= 0.3 is 0 Å². The van der Waals surface area contributed by atoms with Gasteiger partial charge in [0.15, 0.2) is 0 Å². The van der Waals surface area contributed by atoms with E-state index in [4.69, 9.17) is 0 Å². The average Bonchev–Trinajstić information content (AvgIpc) is 2.66. The predicted molar refractivity (Wildman–Crippen MR) is 64.3 cm³/mol. The topological polar surface area (TPSA) is 0 Å². The summed E-state index contributed by atoms with van der Waals surface area (Å²) in [6, 6.07) is 1.75. The summed E-state index contributed by atoms with van der Waals surface area (Å²) >= 11 is 1.77. The van der Waals surface area contributed by atoms with E-state index in [1.54, 1.807) is 17.8 Å². The largest absolute Gasteiger partial charge is 0.207 e. The maximum Gasteiger partial charge on any atom is 0.127 e. The smallest absolute Gasteiger partial charge is 0.127 e. The number of hydrogen-bond acceptors (Lipinski definition) is 1. The molecule has 1 aliphatic rings. The second kappa shape index (κ2) is 4.17. The zero-order chi connectivity index (χ0) is 11.0. The lowest BCUT2D eigenvalue weighted by Gasteiger charge is -2.16. The molecule has 0 unspecified atom stereocenters. The van der Waals surface area contributed by atoms with Crippen LogP contribution in [0.15, 0.2) is 11.0 Å². The Morgan fingerprint density at radius 3 is 2.53 bits per heavy atom. The van der Waals surface area contributed by atoms with E-state index in [0.29, 0.717) is 5.92 Å². The van der Waals surface area contributed by atoms with Gasteiger partial charge in [0.1, 0.15) is 5.82 Å². The van der Waals surface area contributed by atoms with Gasteiger partial charge in [-0.3, -0.25) is 0 Å². The third-order valence-corrected chi connectivity index (χ3v) is 4.04. The lowest BCUT2D eigenvalue weighted by Crippen LogP contribution is -1.99. The van der Waals surface area contributed by atoms with Crippen LogP contribution in [0.4, 0.5) is 4.39 Å². The maximum atomic E-state index is 13.8. The molecule has 0 aliphatic heterocycles. The highest BCUT2D eigenvalue weighted by molar-refractivity contribution is 7.98. The Kier molecular flexibility index (Phi) is 3.06. The number of thioether (sulfide) groups is 1. The molecular formula is C13H17FS. The normalized spacial score (nSPS) is 14.7. The van der Waals surface area contributed by atoms with Crippen molar-refractivity contribution in [2.45, 2.75) is 43.9 Å². The van der Waals surface area contributed by atoms with Crippen LogP contribution in [0, 0.1) is 5.82 Å². The molecule has 1 aromatic carbocycles. The molecule has 0 aromatic heterocycles. The van der Waals surface area contributed by atoms with Crippen molar-refractivity contribution in [2.75, 3.05) is 6.26 Å². The molecule has 0 bridgehead atoms. The van der Waals surface area contributed by atoms with Crippen LogP contribution in [0.3, 0.4) is 0 Å². The lowest BCUT2D eigenvalue weighted by molar-refractivity contribution is 0.605. The predicted octanol–water partition coefficient (Wildman–Crippen LogP) is 4.16. The second-order valence-electron chi connectivity index (χ2n) is 4.45. The standard InChI is InChI=1S/C13H17FS/c1-8(2)11-7-12(14)9-5-4-6-10(9)13(11)15-3/h7-8H,4-6H2,1-3H3. The summed E-state index contributed by atoms with van der Waals surface area (Å²) in [4.78, 5) is 1.33. The van der Waals surface area contributed by atoms with E-state index < -0.39 is 0 Å². The summed E-state index contributed by atoms with van der Waals surface area (Å²) in [5.74, 6) is 0.428. The number of rotatable bonds is 2. The molecule has 15 heavy (non-hydrogen) atoms. The number of fused-ring (bicyclic) bond motifs is 1. The number of hydrogen-bond donors (Lipinski definition) is 0. The van der Waals surface area contributed by atoms with Crippen molar-refractivity contribution in [3.05, 3.63) is 28.6 Å². The van der Waals surface area contributed by atoms with Crippen LogP contribution >= 0.6 is 11.8 Å². The van der Waals surface area contributed by atoms with Crippen LogP contribution in [0.5, 0.6) is 0 Å². The minimum absolute atomic E-state index is 0.0176. The zero-order valence-corrected chi connectivity index (χ0v) is 10.4. The first-order valence-electron chi connectivity index (χ1n) is 5.53. The second-order valence-corrected chi connectivity index (χ2v) is 5.26. The van der Waals surface area contributed by atoms with Gasteiger partial charge in [-0.05, 0) is 54.2 Å². The maximum absolute atomic E-state index is 13.8. The minimum atomic E-state index is 0.0176. The van der Waals surface area contributed by atoms with Crippen molar-refractivity contribution < 1.29 is 4.39 Å². The van der Waals surface area contributed by atoms with Crippen LogP contribution in [-0.2, 0) is 12.8 Å². The first-order chi connectivity index (χ1) is 7.15. The Hall–Kier alpha value is -0.500. The number of halogens is 1. The highest BCUT2D eigenvalue weighted by Gasteiger charge is 2.22. The first kappa shape index (κ1) is 11.0. The van der Waals surface area contributed by atoms with Gasteiger partial charge in [0.2, 0.25) is 0 Å². The Bertz CT molecular complexity index is 383. The molecule has 82 valence electrons. The van der Waals surface area contributed by atoms with Gasteiger partial charge in [-0.1, -0.05) is 13.8 Å². The van der Waals surface area contributed by atoms with E-state index in [0.717, 1.165) is 24.8 Å². The van der Waals surface area contributed by atoms with Crippen LogP contribution in [-0.4, -0.2) is 6.26 Å². The fourth-order valence-electron chi connectivity index (χ4n) is 2.39. The molecule has 0 heterocycles. The van der Waals surface area contributed by atoms with Crippen molar-refractivity contribution in [3.63, 3.8) is 0 Å². The first-order valence-corrected chi connectivity index (χ1v) is 6.75. The molecule has 0 saturated heterocycles. The van der Waals surface area contributed by atoms with Gasteiger partial charge in [-0.2, -0.15) is 0 Å². The van der Waals surface area contributed by atoms with Crippen LogP contribution in [0.1, 0.15) is 42.9 Å². The lowest BCUT2D eigenvalue weighted by atomic mass is 9.98. The molecule has 0 amide bonds. The van der Waals surface area contributed by atoms with E-state index in [2.05, 4.69) is 20.1 Å². The van der Waals surface area contributed by atoms with Gasteiger partial charge < -0.3 is 0 Å². The van der Waals surface area contributed by atoms with Crippen molar-refractivity contribution in [3.8, 4) is 0 Å². The summed E-state index contributed by atoms with van der Waals surface area (Å²) < 4.78 is 13.8. The van der Waals surface area contributed by atoms with E-state index in [-0.39, 0.29) is 5.82 Å². The molecule has 0 radical (unpaired) electrons. The van der Waals surface area contributed by atoms with Crippen molar-refractivity contribution in [1.29, 1.82) is 0 Å². The van der Waals surface area contributed by atoms with Crippen molar-refractivity contribution in [2.24, 2.45) is 0 Å². The summed E-state index contributed by atoms with van der Waals surface area (Å²) in [5, 5.41) is 0.